The number of esters is 1. The molecule has 1 rings (SSSR count). The molecule has 0 spiro atoms. The summed E-state index contributed by atoms with van der Waals surface area (Å²) in [5.74, 6) is -0.852. The minimum absolute atomic E-state index is 0.154. The van der Waals surface area contributed by atoms with Gasteiger partial charge >= 0.3 is 5.97 Å². The van der Waals surface area contributed by atoms with Crippen molar-refractivity contribution in [3.05, 3.63) is 35.4 Å². The van der Waals surface area contributed by atoms with Gasteiger partial charge < -0.3 is 15.4 Å². The van der Waals surface area contributed by atoms with Crippen molar-refractivity contribution >= 4 is 17.8 Å². The van der Waals surface area contributed by atoms with Crippen LogP contribution in [-0.2, 0) is 25.5 Å². The van der Waals surface area contributed by atoms with Crippen LogP contribution in [0.3, 0.4) is 0 Å². The van der Waals surface area contributed by atoms with Crippen molar-refractivity contribution in [2.75, 3.05) is 13.7 Å². The van der Waals surface area contributed by atoms with E-state index >= 15 is 0 Å². The maximum atomic E-state index is 11.9. The van der Waals surface area contributed by atoms with Gasteiger partial charge in [0.25, 0.3) is 0 Å². The van der Waals surface area contributed by atoms with Gasteiger partial charge in [-0.1, -0.05) is 43.7 Å². The number of hydrogen-bond acceptors (Lipinski definition) is 4. The van der Waals surface area contributed by atoms with E-state index in [0.717, 1.165) is 5.56 Å². The second-order valence-corrected chi connectivity index (χ2v) is 6.54. The predicted molar refractivity (Wildman–Crippen MR) is 95.9 cm³/mol. The van der Waals surface area contributed by atoms with Crippen molar-refractivity contribution in [2.45, 2.75) is 46.1 Å². The van der Waals surface area contributed by atoms with Crippen LogP contribution < -0.4 is 10.6 Å². The normalized spacial score (nSPS) is 11.7. The van der Waals surface area contributed by atoms with E-state index in [2.05, 4.69) is 10.6 Å². The summed E-state index contributed by atoms with van der Waals surface area (Å²) in [5, 5.41) is 5.18. The Labute approximate surface area is 149 Å². The molecule has 6 heteroatoms. The lowest BCUT2D eigenvalue weighted by Crippen LogP contribution is -2.46. The third-order valence-corrected chi connectivity index (χ3v) is 3.74. The summed E-state index contributed by atoms with van der Waals surface area (Å²) in [6, 6.07) is 7.29. The Balaban J connectivity index is 2.37. The van der Waals surface area contributed by atoms with Gasteiger partial charge in [-0.2, -0.15) is 0 Å². The number of carbonyl (C=O) groups excluding carboxylic acids is 3. The number of nitrogens with one attached hydrogen (secondary N) is 2. The monoisotopic (exact) mass is 348 g/mol. The smallest absolute Gasteiger partial charge is 0.328 e. The predicted octanol–water partition coefficient (Wildman–Crippen LogP) is 1.75. The molecule has 0 bridgehead atoms. The molecule has 0 fully saturated rings. The van der Waals surface area contributed by atoms with Gasteiger partial charge in [-0.25, -0.2) is 4.79 Å². The molecule has 1 aromatic rings. The number of methoxy groups -OCH3 is 1. The SMILES string of the molecule is COC(=O)C(CC(C)C)NC(=O)CNC(=O)CCc1ccc(C)cc1. The molecule has 0 heterocycles. The van der Waals surface area contributed by atoms with Gasteiger partial charge in [0.1, 0.15) is 6.04 Å². The van der Waals surface area contributed by atoms with E-state index in [1.54, 1.807) is 0 Å². The lowest BCUT2D eigenvalue weighted by Gasteiger charge is -2.18. The first-order valence-corrected chi connectivity index (χ1v) is 8.51. The number of carbonyl (C=O) groups is 3. The number of amides is 2. The van der Waals surface area contributed by atoms with Crippen LogP contribution in [0.2, 0.25) is 0 Å². The zero-order valence-corrected chi connectivity index (χ0v) is 15.4. The number of rotatable bonds is 9. The van der Waals surface area contributed by atoms with Crippen molar-refractivity contribution in [2.24, 2.45) is 5.92 Å². The first kappa shape index (κ1) is 20.7. The zero-order chi connectivity index (χ0) is 18.8. The maximum Gasteiger partial charge on any atom is 0.328 e. The van der Waals surface area contributed by atoms with Crippen LogP contribution in [0.4, 0.5) is 0 Å². The van der Waals surface area contributed by atoms with E-state index in [1.165, 1.54) is 12.7 Å². The van der Waals surface area contributed by atoms with Gasteiger partial charge in [0.2, 0.25) is 11.8 Å². The lowest BCUT2D eigenvalue weighted by atomic mass is 10.0. The highest BCUT2D eigenvalue weighted by Crippen LogP contribution is 2.07. The highest BCUT2D eigenvalue weighted by atomic mass is 16.5. The van der Waals surface area contributed by atoms with Crippen molar-refractivity contribution < 1.29 is 19.1 Å². The molecule has 1 aromatic carbocycles. The molecule has 0 aliphatic heterocycles. The molecule has 1 atom stereocenters. The minimum Gasteiger partial charge on any atom is -0.467 e. The van der Waals surface area contributed by atoms with E-state index in [0.29, 0.717) is 19.3 Å². The summed E-state index contributed by atoms with van der Waals surface area (Å²) in [4.78, 5) is 35.5. The maximum absolute atomic E-state index is 11.9. The first-order valence-electron chi connectivity index (χ1n) is 8.51. The van der Waals surface area contributed by atoms with Crippen molar-refractivity contribution in [1.82, 2.24) is 10.6 Å². The third kappa shape index (κ3) is 8.33. The van der Waals surface area contributed by atoms with Crippen LogP contribution in [-0.4, -0.2) is 37.5 Å². The molecular formula is C19H28N2O4. The Morgan fingerprint density at radius 2 is 1.72 bits per heavy atom. The summed E-state index contributed by atoms with van der Waals surface area (Å²) in [6.45, 7) is 5.76. The van der Waals surface area contributed by atoms with Gasteiger partial charge in [0.15, 0.2) is 0 Å². The summed E-state index contributed by atoms with van der Waals surface area (Å²) in [7, 11) is 1.29. The third-order valence-electron chi connectivity index (χ3n) is 3.74. The molecule has 2 amide bonds. The van der Waals surface area contributed by atoms with Crippen LogP contribution in [0.1, 0.15) is 37.8 Å². The van der Waals surface area contributed by atoms with Crippen LogP contribution in [0.15, 0.2) is 24.3 Å². The second kappa shape index (κ2) is 10.5. The summed E-state index contributed by atoms with van der Waals surface area (Å²) >= 11 is 0. The van der Waals surface area contributed by atoms with Gasteiger partial charge in [-0.15, -0.1) is 0 Å². The summed E-state index contributed by atoms with van der Waals surface area (Å²) in [5.41, 5.74) is 2.25. The standard InChI is InChI=1S/C19H28N2O4/c1-13(2)11-16(19(24)25-4)21-18(23)12-20-17(22)10-9-15-7-5-14(3)6-8-15/h5-8,13,16H,9-12H2,1-4H3,(H,20,22)(H,21,23). The fourth-order valence-corrected chi connectivity index (χ4v) is 2.35. The van der Waals surface area contributed by atoms with E-state index in [9.17, 15) is 14.4 Å². The number of hydrogen-bond donors (Lipinski definition) is 2. The molecule has 1 unspecified atom stereocenters. The zero-order valence-electron chi connectivity index (χ0n) is 15.4. The summed E-state index contributed by atoms with van der Waals surface area (Å²) in [6.07, 6.45) is 1.41. The Bertz CT molecular complexity index is 582. The van der Waals surface area contributed by atoms with E-state index in [-0.39, 0.29) is 18.4 Å². The molecular weight excluding hydrogens is 320 g/mol. The van der Waals surface area contributed by atoms with Gasteiger partial charge in [-0.3, -0.25) is 9.59 Å². The number of aryl methyl sites for hydroxylation is 2. The number of benzene rings is 1. The van der Waals surface area contributed by atoms with Crippen molar-refractivity contribution in [3.63, 3.8) is 0 Å². The molecule has 0 aromatic heterocycles. The van der Waals surface area contributed by atoms with Crippen LogP contribution in [0.5, 0.6) is 0 Å². The first-order chi connectivity index (χ1) is 11.8. The molecule has 2 N–H and O–H groups in total. The minimum atomic E-state index is -0.693. The molecule has 0 aliphatic carbocycles. The quantitative estimate of drug-likeness (QED) is 0.666. The average Bonchev–Trinajstić information content (AvgIpc) is 2.57. The van der Waals surface area contributed by atoms with Crippen LogP contribution in [0, 0.1) is 12.8 Å². The summed E-state index contributed by atoms with van der Waals surface area (Å²) < 4.78 is 4.69. The van der Waals surface area contributed by atoms with E-state index in [1.807, 2.05) is 45.0 Å². The number of ether oxygens (including phenoxy) is 1. The van der Waals surface area contributed by atoms with Gasteiger partial charge in [-0.05, 0) is 31.2 Å². The Kier molecular flexibility index (Phi) is 8.67. The molecule has 0 aliphatic rings. The lowest BCUT2D eigenvalue weighted by molar-refractivity contribution is -0.145. The average molecular weight is 348 g/mol. The fourth-order valence-electron chi connectivity index (χ4n) is 2.35. The van der Waals surface area contributed by atoms with E-state index < -0.39 is 17.9 Å². The van der Waals surface area contributed by atoms with Gasteiger partial charge in [0, 0.05) is 6.42 Å². The molecule has 0 saturated carbocycles. The topological polar surface area (TPSA) is 84.5 Å². The Hall–Kier alpha value is -2.37. The fraction of sp³-hybridized carbons (Fsp3) is 0.526. The Morgan fingerprint density at radius 3 is 2.28 bits per heavy atom. The Morgan fingerprint density at radius 1 is 1.08 bits per heavy atom. The second-order valence-electron chi connectivity index (χ2n) is 6.54. The van der Waals surface area contributed by atoms with E-state index in [4.69, 9.17) is 4.74 Å². The highest BCUT2D eigenvalue weighted by Gasteiger charge is 2.22. The van der Waals surface area contributed by atoms with Crippen molar-refractivity contribution in [3.8, 4) is 0 Å². The molecule has 0 radical (unpaired) electrons. The van der Waals surface area contributed by atoms with Gasteiger partial charge in [0.05, 0.1) is 13.7 Å². The molecule has 0 saturated heterocycles. The highest BCUT2D eigenvalue weighted by molar-refractivity contribution is 5.88. The molecule has 138 valence electrons. The van der Waals surface area contributed by atoms with Crippen LogP contribution in [0.25, 0.3) is 0 Å². The molecule has 25 heavy (non-hydrogen) atoms. The van der Waals surface area contributed by atoms with Crippen molar-refractivity contribution in [1.29, 1.82) is 0 Å². The largest absolute Gasteiger partial charge is 0.467 e. The van der Waals surface area contributed by atoms with Crippen LogP contribution >= 0.6 is 0 Å². The molecule has 6 nitrogen and oxygen atoms in total.